The van der Waals surface area contributed by atoms with Gasteiger partial charge in [0.25, 0.3) is 0 Å². The molecule has 2 nitrogen and oxygen atoms in total. The van der Waals surface area contributed by atoms with Crippen LogP contribution in [0.2, 0.25) is 0 Å². The minimum Gasteiger partial charge on any atom is -0.412 e. The van der Waals surface area contributed by atoms with E-state index in [4.69, 9.17) is 5.11 Å². The Morgan fingerprint density at radius 2 is 0.700 bits per heavy atom. The van der Waals surface area contributed by atoms with Crippen LogP contribution in [0.25, 0.3) is 0 Å². The van der Waals surface area contributed by atoms with Gasteiger partial charge in [-0.3, -0.25) is 0 Å². The second kappa shape index (κ2) is 353. The molecule has 0 unspecified atom stereocenters. The molecule has 65 valence electrons. The molecule has 0 amide bonds. The van der Waals surface area contributed by atoms with Crippen molar-refractivity contribution >= 4 is 0 Å². The molecule has 0 bridgehead atoms. The molecule has 0 aromatic carbocycles. The molecule has 1 radical (unpaired) electrons. The Bertz CT molecular complexity index is 13.7. The quantitative estimate of drug-likeness (QED) is 0.668. The standard InChI is InChI=1S/CH4O.5CH3.H2O.2Zr/c1-2;;;;;;;;/h2H,1H3;5*1H3;1H2;;/q;5*-1;;+2;+3. The summed E-state index contributed by atoms with van der Waals surface area (Å²) in [6.07, 6.45) is 0. The van der Waals surface area contributed by atoms with E-state index in [0.717, 1.165) is 7.11 Å². The minimum atomic E-state index is 0. The number of aliphatic hydroxyl groups is 1. The Labute approximate surface area is 106 Å². The van der Waals surface area contributed by atoms with Crippen molar-refractivity contribution in [3.05, 3.63) is 37.1 Å². The van der Waals surface area contributed by atoms with E-state index in [0.29, 0.717) is 0 Å². The fourth-order valence-corrected chi connectivity index (χ4v) is 0. The fraction of sp³-hybridized carbons (Fsp3) is 0.167. The number of hydrogen-bond acceptors (Lipinski definition) is 1. The van der Waals surface area contributed by atoms with Gasteiger partial charge in [-0.15, -0.1) is 0 Å². The van der Waals surface area contributed by atoms with Crippen LogP contribution < -0.4 is 0 Å². The second-order valence-corrected chi connectivity index (χ2v) is 0. The molecular formula is C6H21O2Zr2. The molecule has 0 aliphatic carbocycles. The molecule has 0 fully saturated rings. The van der Waals surface area contributed by atoms with E-state index in [1.807, 2.05) is 0 Å². The van der Waals surface area contributed by atoms with Crippen LogP contribution in [0.15, 0.2) is 0 Å². The number of hydrogen-bond donors (Lipinski definition) is 1. The zero-order valence-corrected chi connectivity index (χ0v) is 12.9. The molecule has 0 rings (SSSR count). The minimum absolute atomic E-state index is 0. The third-order valence-corrected chi connectivity index (χ3v) is 0. The van der Waals surface area contributed by atoms with Crippen LogP contribution in [0.3, 0.4) is 0 Å². The Morgan fingerprint density at radius 1 is 0.700 bits per heavy atom. The third-order valence-electron chi connectivity index (χ3n) is 0. The van der Waals surface area contributed by atoms with Crippen LogP contribution in [0, 0.1) is 37.1 Å². The molecule has 0 heterocycles. The molecule has 0 saturated carbocycles. The van der Waals surface area contributed by atoms with Crippen molar-refractivity contribution in [3.63, 3.8) is 0 Å². The summed E-state index contributed by atoms with van der Waals surface area (Å²) in [7, 11) is 1.00. The Hall–Kier alpha value is 1.69. The van der Waals surface area contributed by atoms with E-state index in [1.54, 1.807) is 0 Å². The average molecular weight is 308 g/mol. The van der Waals surface area contributed by atoms with Crippen molar-refractivity contribution in [2.45, 2.75) is 0 Å². The van der Waals surface area contributed by atoms with Crippen LogP contribution in [0.1, 0.15) is 0 Å². The van der Waals surface area contributed by atoms with Gasteiger partial charge in [-0.05, 0) is 0 Å². The first-order valence-electron chi connectivity index (χ1n) is 0.447. The fourth-order valence-electron chi connectivity index (χ4n) is 0. The number of rotatable bonds is 0. The van der Waals surface area contributed by atoms with E-state index in [1.165, 1.54) is 0 Å². The molecule has 0 saturated heterocycles. The van der Waals surface area contributed by atoms with Gasteiger partial charge in [-0.25, -0.2) is 0 Å². The predicted molar refractivity (Wildman–Crippen MR) is 43.8 cm³/mol. The maximum atomic E-state index is 7.00. The summed E-state index contributed by atoms with van der Waals surface area (Å²) in [6, 6.07) is 0. The van der Waals surface area contributed by atoms with Gasteiger partial charge < -0.3 is 47.7 Å². The summed E-state index contributed by atoms with van der Waals surface area (Å²) in [4.78, 5) is 0. The molecular weight excluding hydrogens is 287 g/mol. The Morgan fingerprint density at radius 3 is 0.700 bits per heavy atom. The first-order valence-corrected chi connectivity index (χ1v) is 0.447. The SMILES string of the molecule is CO.O.[CH3-].[CH3-].[CH3-].[CH3-].[CH3-].[Zr+2].[Zr+3]. The molecule has 10 heavy (non-hydrogen) atoms. The van der Waals surface area contributed by atoms with Crippen molar-refractivity contribution in [2.24, 2.45) is 0 Å². The monoisotopic (exact) mass is 305 g/mol. The topological polar surface area (TPSA) is 51.7 Å². The average Bonchev–Trinajstić information content (AvgIpc) is 1.00. The molecule has 4 heteroatoms. The van der Waals surface area contributed by atoms with Gasteiger partial charge in [0.15, 0.2) is 0 Å². The first-order chi connectivity index (χ1) is 1.00. The largest absolute Gasteiger partial charge is 3.00 e. The summed E-state index contributed by atoms with van der Waals surface area (Å²) < 4.78 is 0. The van der Waals surface area contributed by atoms with E-state index < -0.39 is 0 Å². The van der Waals surface area contributed by atoms with Crippen LogP contribution in [-0.4, -0.2) is 17.7 Å². The molecule has 0 aliphatic heterocycles. The van der Waals surface area contributed by atoms with Gasteiger partial charge in [0.1, 0.15) is 0 Å². The van der Waals surface area contributed by atoms with Gasteiger partial charge in [0.2, 0.25) is 0 Å². The van der Waals surface area contributed by atoms with E-state index in [9.17, 15) is 0 Å². The number of aliphatic hydroxyl groups excluding tert-OH is 1. The van der Waals surface area contributed by atoms with Gasteiger partial charge in [0, 0.05) is 7.11 Å². The van der Waals surface area contributed by atoms with Crippen LogP contribution >= 0.6 is 0 Å². The predicted octanol–water partition coefficient (Wildman–Crippen LogP) is 1.03. The van der Waals surface area contributed by atoms with E-state index in [2.05, 4.69) is 0 Å². The molecule has 0 atom stereocenters. The zero-order valence-electron chi connectivity index (χ0n) is 7.95. The van der Waals surface area contributed by atoms with Crippen molar-refractivity contribution in [1.29, 1.82) is 0 Å². The first kappa shape index (κ1) is 185. The summed E-state index contributed by atoms with van der Waals surface area (Å²) >= 11 is 0. The molecule has 0 aromatic rings. The van der Waals surface area contributed by atoms with Gasteiger partial charge in [0.05, 0.1) is 0 Å². The zero-order chi connectivity index (χ0) is 2.00. The Kier molecular flexibility index (Phi) is 6520. The summed E-state index contributed by atoms with van der Waals surface area (Å²) in [6.45, 7) is 0. The smallest absolute Gasteiger partial charge is 0.412 e. The van der Waals surface area contributed by atoms with Crippen molar-refractivity contribution < 1.29 is 63.0 Å². The van der Waals surface area contributed by atoms with Crippen molar-refractivity contribution in [1.82, 2.24) is 0 Å². The van der Waals surface area contributed by atoms with Gasteiger partial charge >= 0.3 is 52.4 Å². The Balaban J connectivity index is -0.000000000179. The van der Waals surface area contributed by atoms with Crippen LogP contribution in [0.4, 0.5) is 0 Å². The van der Waals surface area contributed by atoms with Crippen molar-refractivity contribution in [3.8, 4) is 0 Å². The normalized spacial score (nSPS) is 0.600. The maximum absolute atomic E-state index is 7.00. The maximum Gasteiger partial charge on any atom is 3.00 e. The van der Waals surface area contributed by atoms with E-state index in [-0.39, 0.29) is 95.0 Å². The summed E-state index contributed by atoms with van der Waals surface area (Å²) in [5.74, 6) is 0. The summed E-state index contributed by atoms with van der Waals surface area (Å²) in [5.41, 5.74) is 0. The molecule has 3 N–H and O–H groups in total. The van der Waals surface area contributed by atoms with Crippen LogP contribution in [0.5, 0.6) is 0 Å². The molecule has 0 spiro atoms. The third kappa shape index (κ3) is 257. The van der Waals surface area contributed by atoms with E-state index >= 15 is 0 Å². The molecule has 0 aliphatic rings. The van der Waals surface area contributed by atoms with Gasteiger partial charge in [-0.1, -0.05) is 0 Å². The van der Waals surface area contributed by atoms with Crippen molar-refractivity contribution in [2.75, 3.05) is 7.11 Å². The second-order valence-electron chi connectivity index (χ2n) is 0. The summed E-state index contributed by atoms with van der Waals surface area (Å²) in [5, 5.41) is 7.00. The van der Waals surface area contributed by atoms with Crippen LogP contribution in [-0.2, 0) is 52.4 Å². The molecule has 0 aromatic heterocycles. The van der Waals surface area contributed by atoms with Gasteiger partial charge in [-0.2, -0.15) is 0 Å².